The Morgan fingerprint density at radius 2 is 1.88 bits per heavy atom. The monoisotopic (exact) mass is 343 g/mol. The highest BCUT2D eigenvalue weighted by molar-refractivity contribution is 5.80. The van der Waals surface area contributed by atoms with Crippen molar-refractivity contribution in [3.63, 3.8) is 0 Å². The summed E-state index contributed by atoms with van der Waals surface area (Å²) in [4.78, 5) is 6.74. The minimum Gasteiger partial charge on any atom is -0.385 e. The highest BCUT2D eigenvalue weighted by atomic mass is 16.5. The molecule has 1 aliphatic rings. The third kappa shape index (κ3) is 7.36. The second-order valence-electron chi connectivity index (χ2n) is 7.42. The van der Waals surface area contributed by atoms with Gasteiger partial charge in [-0.25, -0.2) is 0 Å². The van der Waals surface area contributed by atoms with Crippen LogP contribution in [-0.4, -0.2) is 77.2 Å². The molecule has 1 N–H and O–H groups in total. The number of rotatable bonds is 8. The van der Waals surface area contributed by atoms with Crippen molar-refractivity contribution in [1.82, 2.24) is 10.2 Å². The Bertz CT molecular complexity index is 361. The van der Waals surface area contributed by atoms with Gasteiger partial charge in [-0.15, -0.1) is 0 Å². The molecule has 1 atom stereocenters. The summed E-state index contributed by atoms with van der Waals surface area (Å²) in [6.07, 6.45) is 3.56. The average molecular weight is 344 g/mol. The summed E-state index contributed by atoms with van der Waals surface area (Å²) < 4.78 is 16.6. The molecule has 1 saturated heterocycles. The molecule has 1 unspecified atom stereocenters. The minimum atomic E-state index is 0.101. The quantitative estimate of drug-likeness (QED) is 0.416. The van der Waals surface area contributed by atoms with Gasteiger partial charge in [0.1, 0.15) is 0 Å². The topological polar surface area (TPSA) is 55.3 Å². The van der Waals surface area contributed by atoms with Crippen LogP contribution in [0.4, 0.5) is 0 Å². The van der Waals surface area contributed by atoms with Crippen molar-refractivity contribution in [2.75, 3.05) is 54.1 Å². The van der Waals surface area contributed by atoms with Gasteiger partial charge in [-0.1, -0.05) is 20.8 Å². The molecular weight excluding hydrogens is 306 g/mol. The normalized spacial score (nSPS) is 18.8. The Labute approximate surface area is 147 Å². The number of hydrogen-bond donors (Lipinski definition) is 1. The van der Waals surface area contributed by atoms with Crippen molar-refractivity contribution < 1.29 is 14.2 Å². The van der Waals surface area contributed by atoms with Gasteiger partial charge in [-0.2, -0.15) is 0 Å². The van der Waals surface area contributed by atoms with Crippen molar-refractivity contribution >= 4 is 5.96 Å². The second kappa shape index (κ2) is 10.9. The van der Waals surface area contributed by atoms with Gasteiger partial charge in [0.05, 0.1) is 12.2 Å². The zero-order chi connectivity index (χ0) is 18.0. The van der Waals surface area contributed by atoms with E-state index in [2.05, 4.69) is 36.0 Å². The predicted octanol–water partition coefficient (Wildman–Crippen LogP) is 2.14. The van der Waals surface area contributed by atoms with Crippen molar-refractivity contribution in [2.45, 2.75) is 52.2 Å². The van der Waals surface area contributed by atoms with Gasteiger partial charge < -0.3 is 24.4 Å². The van der Waals surface area contributed by atoms with Gasteiger partial charge in [-0.05, 0) is 24.7 Å². The molecule has 6 nitrogen and oxygen atoms in total. The largest absolute Gasteiger partial charge is 0.385 e. The molecule has 0 aromatic heterocycles. The smallest absolute Gasteiger partial charge is 0.193 e. The highest BCUT2D eigenvalue weighted by Gasteiger charge is 2.26. The van der Waals surface area contributed by atoms with E-state index < -0.39 is 0 Å². The number of hydrogen-bond acceptors (Lipinski definition) is 4. The highest BCUT2D eigenvalue weighted by Crippen LogP contribution is 2.21. The first-order valence-corrected chi connectivity index (χ1v) is 9.01. The first kappa shape index (κ1) is 21.2. The molecule has 1 fully saturated rings. The van der Waals surface area contributed by atoms with E-state index >= 15 is 0 Å². The molecule has 0 saturated carbocycles. The van der Waals surface area contributed by atoms with E-state index in [-0.39, 0.29) is 11.5 Å². The van der Waals surface area contributed by atoms with Crippen LogP contribution in [0.3, 0.4) is 0 Å². The Balaban J connectivity index is 2.35. The Morgan fingerprint density at radius 1 is 1.21 bits per heavy atom. The number of nitrogens with zero attached hydrogens (tertiary/aromatic N) is 2. The van der Waals surface area contributed by atoms with Gasteiger partial charge in [0.25, 0.3) is 0 Å². The van der Waals surface area contributed by atoms with E-state index in [0.717, 1.165) is 58.1 Å². The van der Waals surface area contributed by atoms with Crippen LogP contribution in [0.1, 0.15) is 40.0 Å². The molecule has 1 rings (SSSR count). The number of likely N-dealkylation sites (tertiary alicyclic amines) is 1. The van der Waals surface area contributed by atoms with E-state index in [9.17, 15) is 0 Å². The fourth-order valence-corrected chi connectivity index (χ4v) is 2.95. The maximum Gasteiger partial charge on any atom is 0.193 e. The van der Waals surface area contributed by atoms with Gasteiger partial charge >= 0.3 is 0 Å². The molecule has 0 aromatic carbocycles. The number of aliphatic imine (C=N–C) groups is 1. The Morgan fingerprint density at radius 3 is 2.38 bits per heavy atom. The molecule has 6 heteroatoms. The summed E-state index contributed by atoms with van der Waals surface area (Å²) in [6.45, 7) is 10.8. The third-order valence-corrected chi connectivity index (χ3v) is 4.50. The number of guanidine groups is 1. The second-order valence-corrected chi connectivity index (χ2v) is 7.42. The van der Waals surface area contributed by atoms with Crippen molar-refractivity contribution in [2.24, 2.45) is 10.4 Å². The number of piperidine rings is 1. The predicted molar refractivity (Wildman–Crippen MR) is 98.7 cm³/mol. The van der Waals surface area contributed by atoms with Crippen LogP contribution in [0.25, 0.3) is 0 Å². The van der Waals surface area contributed by atoms with E-state index in [4.69, 9.17) is 14.2 Å². The van der Waals surface area contributed by atoms with Gasteiger partial charge in [0.2, 0.25) is 0 Å². The summed E-state index contributed by atoms with van der Waals surface area (Å²) in [5.41, 5.74) is 0.101. The van der Waals surface area contributed by atoms with Crippen LogP contribution < -0.4 is 5.32 Å². The summed E-state index contributed by atoms with van der Waals surface area (Å²) in [5, 5.41) is 3.47. The molecule has 0 radical (unpaired) electrons. The molecule has 0 spiro atoms. The maximum atomic E-state index is 5.92. The molecule has 142 valence electrons. The molecule has 0 amide bonds. The Kier molecular flexibility index (Phi) is 9.63. The molecule has 0 aromatic rings. The van der Waals surface area contributed by atoms with Gasteiger partial charge in [-0.3, -0.25) is 4.99 Å². The zero-order valence-electron chi connectivity index (χ0n) is 16.4. The van der Waals surface area contributed by atoms with Crippen LogP contribution in [0.15, 0.2) is 4.99 Å². The number of nitrogens with one attached hydrogen (secondary N) is 1. The van der Waals surface area contributed by atoms with E-state index in [1.807, 2.05) is 7.05 Å². The summed E-state index contributed by atoms with van der Waals surface area (Å²) in [7, 11) is 5.34. The molecule has 1 aliphatic heterocycles. The van der Waals surface area contributed by atoms with Crippen molar-refractivity contribution in [3.05, 3.63) is 0 Å². The maximum absolute atomic E-state index is 5.92. The lowest BCUT2D eigenvalue weighted by molar-refractivity contribution is 0.00839. The summed E-state index contributed by atoms with van der Waals surface area (Å²) >= 11 is 0. The summed E-state index contributed by atoms with van der Waals surface area (Å²) in [6, 6.07) is 0. The third-order valence-electron chi connectivity index (χ3n) is 4.50. The van der Waals surface area contributed by atoms with Crippen LogP contribution in [-0.2, 0) is 14.2 Å². The average Bonchev–Trinajstić information content (AvgIpc) is 2.55. The lowest BCUT2D eigenvalue weighted by Gasteiger charge is -2.36. The van der Waals surface area contributed by atoms with E-state index in [1.165, 1.54) is 0 Å². The Hall–Kier alpha value is -0.850. The first-order chi connectivity index (χ1) is 11.4. The van der Waals surface area contributed by atoms with E-state index in [1.54, 1.807) is 14.2 Å². The van der Waals surface area contributed by atoms with E-state index in [0.29, 0.717) is 6.10 Å². The van der Waals surface area contributed by atoms with Gasteiger partial charge in [0, 0.05) is 54.1 Å². The summed E-state index contributed by atoms with van der Waals surface area (Å²) in [5.74, 6) is 0.958. The van der Waals surface area contributed by atoms with Crippen molar-refractivity contribution in [3.8, 4) is 0 Å². The molecular formula is C18H37N3O3. The minimum absolute atomic E-state index is 0.101. The van der Waals surface area contributed by atoms with Crippen LogP contribution in [0, 0.1) is 5.41 Å². The SMILES string of the molecule is CN=C(NCC(OC)C(C)(C)C)N1CCC(OCCCOC)CC1. The number of ether oxygens (including phenoxy) is 3. The molecule has 0 bridgehead atoms. The zero-order valence-corrected chi connectivity index (χ0v) is 16.4. The molecule has 1 heterocycles. The van der Waals surface area contributed by atoms with Crippen LogP contribution in [0.5, 0.6) is 0 Å². The fraction of sp³-hybridized carbons (Fsp3) is 0.944. The lowest BCUT2D eigenvalue weighted by atomic mass is 9.89. The molecule has 24 heavy (non-hydrogen) atoms. The fourth-order valence-electron chi connectivity index (χ4n) is 2.95. The molecule has 0 aliphatic carbocycles. The van der Waals surface area contributed by atoms with Crippen molar-refractivity contribution in [1.29, 1.82) is 0 Å². The lowest BCUT2D eigenvalue weighted by Crippen LogP contribution is -2.50. The van der Waals surface area contributed by atoms with Crippen LogP contribution >= 0.6 is 0 Å². The van der Waals surface area contributed by atoms with Crippen LogP contribution in [0.2, 0.25) is 0 Å². The standard InChI is InChI=1S/C18H37N3O3/c1-18(2,3)16(23-6)14-20-17(19-4)21-10-8-15(9-11-21)24-13-7-12-22-5/h15-16H,7-14H2,1-6H3,(H,19,20). The first-order valence-electron chi connectivity index (χ1n) is 9.01. The number of methoxy groups -OCH3 is 2. The van der Waals surface area contributed by atoms with Gasteiger partial charge in [0.15, 0.2) is 5.96 Å².